The van der Waals surface area contributed by atoms with Gasteiger partial charge in [0.05, 0.1) is 20.9 Å². The lowest BCUT2D eigenvalue weighted by Crippen LogP contribution is -2.38. The van der Waals surface area contributed by atoms with E-state index in [0.717, 1.165) is 29.9 Å². The number of amides is 1. The molecule has 0 bridgehead atoms. The van der Waals surface area contributed by atoms with E-state index in [1.807, 2.05) is 12.1 Å². The molecule has 0 radical (unpaired) electrons. The molecule has 0 spiro atoms. The van der Waals surface area contributed by atoms with Crippen molar-refractivity contribution in [2.45, 2.75) is 31.6 Å². The Morgan fingerprint density at radius 1 is 1.06 bits per heavy atom. The van der Waals surface area contributed by atoms with Gasteiger partial charge in [-0.05, 0) is 49.8 Å². The van der Waals surface area contributed by atoms with Crippen molar-refractivity contribution in [3.63, 3.8) is 0 Å². The van der Waals surface area contributed by atoms with E-state index in [2.05, 4.69) is 23.7 Å². The molecule has 3 aromatic rings. The van der Waals surface area contributed by atoms with Crippen molar-refractivity contribution in [2.24, 2.45) is 0 Å². The summed E-state index contributed by atoms with van der Waals surface area (Å²) < 4.78 is 26.0. The van der Waals surface area contributed by atoms with Gasteiger partial charge in [-0.3, -0.25) is 9.69 Å². The SMILES string of the molecule is CCN(CC)CCN(C(=O)CCCS(=O)(=O)c1ccccc1)c1nc2ccc(Cl)cc2s1. The van der Waals surface area contributed by atoms with Gasteiger partial charge in [-0.15, -0.1) is 0 Å². The Labute approximate surface area is 198 Å². The minimum Gasteiger partial charge on any atom is -0.302 e. The molecule has 3 rings (SSSR count). The Kier molecular flexibility index (Phi) is 8.64. The third kappa shape index (κ3) is 6.28. The maximum absolute atomic E-state index is 13.2. The molecular weight excluding hydrogens is 466 g/mol. The summed E-state index contributed by atoms with van der Waals surface area (Å²) in [6.07, 6.45) is 0.398. The fourth-order valence-corrected chi connectivity index (χ4v) is 6.02. The van der Waals surface area contributed by atoms with Gasteiger partial charge in [0.1, 0.15) is 0 Å². The predicted molar refractivity (Wildman–Crippen MR) is 132 cm³/mol. The Hall–Kier alpha value is -2.00. The van der Waals surface area contributed by atoms with E-state index in [4.69, 9.17) is 11.6 Å². The number of rotatable bonds is 11. The molecule has 0 saturated carbocycles. The molecule has 0 aliphatic rings. The number of thiazole rings is 1. The van der Waals surface area contributed by atoms with Gasteiger partial charge in [-0.2, -0.15) is 0 Å². The summed E-state index contributed by atoms with van der Waals surface area (Å²) in [6, 6.07) is 13.8. The van der Waals surface area contributed by atoms with Gasteiger partial charge in [0.2, 0.25) is 5.91 Å². The molecule has 0 saturated heterocycles. The van der Waals surface area contributed by atoms with Crippen LogP contribution in [0.3, 0.4) is 0 Å². The lowest BCUT2D eigenvalue weighted by atomic mass is 10.3. The lowest BCUT2D eigenvalue weighted by molar-refractivity contribution is -0.118. The first kappa shape index (κ1) is 24.6. The summed E-state index contributed by atoms with van der Waals surface area (Å²) in [5, 5.41) is 1.24. The molecule has 0 N–H and O–H groups in total. The highest BCUT2D eigenvalue weighted by atomic mass is 35.5. The van der Waals surface area contributed by atoms with E-state index in [1.54, 1.807) is 41.3 Å². The second-order valence-electron chi connectivity index (χ2n) is 7.42. The van der Waals surface area contributed by atoms with Crippen LogP contribution in [0.1, 0.15) is 26.7 Å². The molecule has 172 valence electrons. The summed E-state index contributed by atoms with van der Waals surface area (Å²) in [6.45, 7) is 7.18. The lowest BCUT2D eigenvalue weighted by Gasteiger charge is -2.24. The third-order valence-electron chi connectivity index (χ3n) is 5.31. The van der Waals surface area contributed by atoms with Gasteiger partial charge < -0.3 is 4.90 Å². The van der Waals surface area contributed by atoms with Crippen molar-refractivity contribution < 1.29 is 13.2 Å². The zero-order valence-electron chi connectivity index (χ0n) is 18.3. The molecule has 0 fully saturated rings. The molecule has 2 aromatic carbocycles. The summed E-state index contributed by atoms with van der Waals surface area (Å²) in [7, 11) is -3.41. The monoisotopic (exact) mass is 493 g/mol. The normalized spacial score (nSPS) is 11.9. The van der Waals surface area contributed by atoms with Crippen LogP contribution in [0.4, 0.5) is 5.13 Å². The Morgan fingerprint density at radius 2 is 1.78 bits per heavy atom. The zero-order valence-corrected chi connectivity index (χ0v) is 20.7. The maximum atomic E-state index is 13.2. The van der Waals surface area contributed by atoms with Gasteiger partial charge in [-0.25, -0.2) is 13.4 Å². The van der Waals surface area contributed by atoms with Crippen LogP contribution in [-0.2, 0) is 14.6 Å². The largest absolute Gasteiger partial charge is 0.302 e. The highest BCUT2D eigenvalue weighted by Crippen LogP contribution is 2.31. The highest BCUT2D eigenvalue weighted by molar-refractivity contribution is 7.91. The summed E-state index contributed by atoms with van der Waals surface area (Å²) in [5.74, 6) is -0.187. The van der Waals surface area contributed by atoms with Gasteiger partial charge in [0.15, 0.2) is 15.0 Å². The van der Waals surface area contributed by atoms with Crippen molar-refractivity contribution in [3.05, 3.63) is 53.6 Å². The minimum absolute atomic E-state index is 0.0674. The minimum atomic E-state index is -3.41. The number of hydrogen-bond donors (Lipinski definition) is 0. The number of fused-ring (bicyclic) bond motifs is 1. The molecule has 0 aliphatic carbocycles. The molecule has 1 heterocycles. The van der Waals surface area contributed by atoms with Gasteiger partial charge in [0.25, 0.3) is 0 Å². The van der Waals surface area contributed by atoms with Crippen LogP contribution in [0, 0.1) is 0 Å². The molecule has 1 aromatic heterocycles. The topological polar surface area (TPSA) is 70.6 Å². The maximum Gasteiger partial charge on any atom is 0.228 e. The van der Waals surface area contributed by atoms with E-state index >= 15 is 0 Å². The van der Waals surface area contributed by atoms with Gasteiger partial charge in [-0.1, -0.05) is 55.0 Å². The molecule has 1 amide bonds. The van der Waals surface area contributed by atoms with Crippen molar-refractivity contribution in [1.82, 2.24) is 9.88 Å². The Bertz CT molecular complexity index is 1150. The number of hydrogen-bond acceptors (Lipinski definition) is 6. The number of aromatic nitrogens is 1. The van der Waals surface area contributed by atoms with Crippen LogP contribution in [-0.4, -0.2) is 56.1 Å². The first-order valence-corrected chi connectivity index (χ1v) is 13.6. The number of nitrogens with zero attached hydrogens (tertiary/aromatic N) is 3. The van der Waals surface area contributed by atoms with Crippen LogP contribution in [0.2, 0.25) is 5.02 Å². The van der Waals surface area contributed by atoms with Crippen LogP contribution >= 0.6 is 22.9 Å². The first-order chi connectivity index (χ1) is 15.3. The van der Waals surface area contributed by atoms with E-state index in [0.29, 0.717) is 16.7 Å². The fourth-order valence-electron chi connectivity index (χ4n) is 3.40. The number of anilines is 1. The van der Waals surface area contributed by atoms with E-state index in [-0.39, 0.29) is 29.4 Å². The number of likely N-dealkylation sites (N-methyl/N-ethyl adjacent to an activating group) is 1. The molecule has 0 unspecified atom stereocenters. The second-order valence-corrected chi connectivity index (χ2v) is 11.0. The molecule has 0 atom stereocenters. The quantitative estimate of drug-likeness (QED) is 0.380. The van der Waals surface area contributed by atoms with Gasteiger partial charge >= 0.3 is 0 Å². The van der Waals surface area contributed by atoms with Crippen molar-refractivity contribution >= 4 is 54.0 Å². The van der Waals surface area contributed by atoms with Crippen LogP contribution in [0.25, 0.3) is 10.2 Å². The Morgan fingerprint density at radius 3 is 2.47 bits per heavy atom. The molecule has 32 heavy (non-hydrogen) atoms. The smallest absolute Gasteiger partial charge is 0.228 e. The molecular formula is C23H28ClN3O3S2. The van der Waals surface area contributed by atoms with Crippen molar-refractivity contribution in [3.8, 4) is 0 Å². The zero-order chi connectivity index (χ0) is 23.1. The average Bonchev–Trinajstić information content (AvgIpc) is 3.20. The number of carbonyl (C=O) groups excluding carboxylic acids is 1. The summed E-state index contributed by atoms with van der Waals surface area (Å²) >= 11 is 7.53. The van der Waals surface area contributed by atoms with Crippen molar-refractivity contribution in [1.29, 1.82) is 0 Å². The van der Waals surface area contributed by atoms with Crippen LogP contribution in [0.5, 0.6) is 0 Å². The van der Waals surface area contributed by atoms with Crippen LogP contribution < -0.4 is 4.90 Å². The summed E-state index contributed by atoms with van der Waals surface area (Å²) in [4.78, 5) is 22.0. The van der Waals surface area contributed by atoms with Crippen LogP contribution in [0.15, 0.2) is 53.4 Å². The molecule has 9 heteroatoms. The fraction of sp³-hybridized carbons (Fsp3) is 0.391. The predicted octanol–water partition coefficient (Wildman–Crippen LogP) is 4.88. The average molecular weight is 494 g/mol. The molecule has 6 nitrogen and oxygen atoms in total. The third-order valence-corrected chi connectivity index (χ3v) is 8.40. The van der Waals surface area contributed by atoms with Gasteiger partial charge in [0, 0.05) is 24.5 Å². The van der Waals surface area contributed by atoms with E-state index < -0.39 is 9.84 Å². The standard InChI is InChI=1S/C23H28ClN3O3S2/c1-3-26(4-2)14-15-27(23-25-20-13-12-18(24)17-21(20)31-23)22(28)11-8-16-32(29,30)19-9-6-5-7-10-19/h5-7,9-10,12-13,17H,3-4,8,11,14-16H2,1-2H3. The van der Waals surface area contributed by atoms with Crippen molar-refractivity contribution in [2.75, 3.05) is 36.8 Å². The first-order valence-electron chi connectivity index (χ1n) is 10.7. The summed E-state index contributed by atoms with van der Waals surface area (Å²) in [5.41, 5.74) is 0.793. The highest BCUT2D eigenvalue weighted by Gasteiger charge is 2.22. The Balaban J connectivity index is 1.73. The second kappa shape index (κ2) is 11.2. The number of carbonyl (C=O) groups is 1. The number of halogens is 1. The molecule has 0 aliphatic heterocycles. The van der Waals surface area contributed by atoms with E-state index in [1.165, 1.54) is 11.3 Å². The number of sulfone groups is 1. The van der Waals surface area contributed by atoms with E-state index in [9.17, 15) is 13.2 Å². The number of benzene rings is 2.